The summed E-state index contributed by atoms with van der Waals surface area (Å²) in [6, 6.07) is 1.79. The van der Waals surface area contributed by atoms with Crippen LogP contribution < -0.4 is 5.32 Å². The van der Waals surface area contributed by atoms with Gasteiger partial charge in [0.15, 0.2) is 12.8 Å². The maximum absolute atomic E-state index is 12.5. The summed E-state index contributed by atoms with van der Waals surface area (Å²) in [6.45, 7) is 6.46. The Balaban J connectivity index is 1.78. The van der Waals surface area contributed by atoms with E-state index in [9.17, 15) is 14.4 Å². The zero-order valence-electron chi connectivity index (χ0n) is 14.5. The minimum atomic E-state index is -0.951. The van der Waals surface area contributed by atoms with Crippen molar-refractivity contribution in [1.29, 1.82) is 0 Å². The number of fused-ring (bicyclic) bond motifs is 1. The van der Waals surface area contributed by atoms with Crippen LogP contribution in [0.3, 0.4) is 0 Å². The Morgan fingerprint density at radius 3 is 2.76 bits per heavy atom. The number of carbonyl (C=O) groups is 3. The number of aryl methyl sites for hydroxylation is 1. The summed E-state index contributed by atoms with van der Waals surface area (Å²) in [5.74, 6) is -0.715. The van der Waals surface area contributed by atoms with Gasteiger partial charge >= 0.3 is 12.0 Å². The average molecular weight is 345 g/mol. The number of carbonyl (C=O) groups excluding carboxylic acids is 3. The Labute approximate surface area is 144 Å². The fourth-order valence-electron chi connectivity index (χ4n) is 2.43. The molecule has 8 heteroatoms. The van der Waals surface area contributed by atoms with Gasteiger partial charge in [0.05, 0.1) is 5.41 Å². The zero-order valence-corrected chi connectivity index (χ0v) is 14.5. The highest BCUT2D eigenvalue weighted by Crippen LogP contribution is 2.29. The quantitative estimate of drug-likeness (QED) is 0.676. The molecule has 132 valence electrons. The lowest BCUT2D eigenvalue weighted by atomic mass is 9.98. The van der Waals surface area contributed by atoms with Crippen molar-refractivity contribution in [2.24, 2.45) is 5.41 Å². The van der Waals surface area contributed by atoms with Gasteiger partial charge < -0.3 is 14.5 Å². The lowest BCUT2D eigenvalue weighted by Gasteiger charge is -2.19. The van der Waals surface area contributed by atoms with Gasteiger partial charge in [0.25, 0.3) is 5.91 Å². The smallest absolute Gasteiger partial charge is 0.327 e. The number of urea groups is 1. The van der Waals surface area contributed by atoms with Crippen LogP contribution in [0.15, 0.2) is 22.7 Å². The molecule has 0 aliphatic carbocycles. The molecule has 8 nitrogen and oxygen atoms in total. The van der Waals surface area contributed by atoms with Crippen molar-refractivity contribution < 1.29 is 23.5 Å². The second-order valence-corrected chi connectivity index (χ2v) is 6.92. The van der Waals surface area contributed by atoms with E-state index in [-0.39, 0.29) is 0 Å². The van der Waals surface area contributed by atoms with E-state index in [0.717, 1.165) is 16.0 Å². The van der Waals surface area contributed by atoms with Crippen LogP contribution >= 0.6 is 0 Å². The van der Waals surface area contributed by atoms with Gasteiger partial charge in [0.1, 0.15) is 11.3 Å². The molecule has 2 aromatic rings. The summed E-state index contributed by atoms with van der Waals surface area (Å²) < 4.78 is 10.7. The Hall–Kier alpha value is -2.90. The van der Waals surface area contributed by atoms with Gasteiger partial charge in [0, 0.05) is 17.3 Å². The van der Waals surface area contributed by atoms with Crippen LogP contribution in [0, 0.1) is 12.3 Å². The molecule has 0 unspecified atom stereocenters. The van der Waals surface area contributed by atoms with Gasteiger partial charge in [-0.15, -0.1) is 0 Å². The van der Waals surface area contributed by atoms with Gasteiger partial charge in [-0.3, -0.25) is 14.6 Å². The van der Waals surface area contributed by atoms with E-state index in [1.807, 2.05) is 6.92 Å². The number of nitrogens with zero attached hydrogens (tertiary/aromatic N) is 2. The first-order chi connectivity index (χ1) is 11.7. The van der Waals surface area contributed by atoms with Crippen LogP contribution in [0.5, 0.6) is 0 Å². The zero-order chi connectivity index (χ0) is 18.4. The number of ether oxygens (including phenoxy) is 1. The van der Waals surface area contributed by atoms with E-state index >= 15 is 0 Å². The van der Waals surface area contributed by atoms with Crippen LogP contribution in [0.2, 0.25) is 0 Å². The topological polar surface area (TPSA) is 102 Å². The predicted octanol–water partition coefficient (Wildman–Crippen LogP) is 2.28. The molecule has 1 atom stereocenters. The number of hydrogen-bond donors (Lipinski definition) is 1. The van der Waals surface area contributed by atoms with Crippen LogP contribution in [0.4, 0.5) is 4.79 Å². The molecule has 3 rings (SSSR count). The van der Waals surface area contributed by atoms with Crippen LogP contribution in [-0.4, -0.2) is 34.5 Å². The molecule has 3 heterocycles. The summed E-state index contributed by atoms with van der Waals surface area (Å²) in [4.78, 5) is 41.4. The summed E-state index contributed by atoms with van der Waals surface area (Å²) in [6.07, 6.45) is 1.61. The fraction of sp³-hybridized carbons (Fsp3) is 0.412. The Morgan fingerprint density at radius 2 is 2.12 bits per heavy atom. The molecule has 1 fully saturated rings. The highest BCUT2D eigenvalue weighted by Gasteiger charge is 2.42. The standard InChI is InChI=1S/C17H19N3O5/c1-9-10-7-12(25-11(10)5-6-18-9)13-14(21)20(16(23)19-13)8-24-15(22)17(2,3)4/h5-7,13H,8H2,1-4H3,(H,19,23)/t13-/m0/s1. The van der Waals surface area contributed by atoms with E-state index in [0.29, 0.717) is 11.3 Å². The Morgan fingerprint density at radius 1 is 1.40 bits per heavy atom. The van der Waals surface area contributed by atoms with Crippen LogP contribution in [0.1, 0.15) is 38.3 Å². The highest BCUT2D eigenvalue weighted by molar-refractivity contribution is 6.04. The second kappa shape index (κ2) is 5.87. The molecule has 0 bridgehead atoms. The molecule has 2 aromatic heterocycles. The largest absolute Gasteiger partial charge is 0.458 e. The van der Waals surface area contributed by atoms with Gasteiger partial charge in [-0.1, -0.05) is 0 Å². The van der Waals surface area contributed by atoms with Gasteiger partial charge in [-0.05, 0) is 39.8 Å². The molecular formula is C17H19N3O5. The van der Waals surface area contributed by atoms with E-state index in [2.05, 4.69) is 10.3 Å². The van der Waals surface area contributed by atoms with Crippen molar-refractivity contribution in [1.82, 2.24) is 15.2 Å². The highest BCUT2D eigenvalue weighted by atomic mass is 16.5. The van der Waals surface area contributed by atoms with Crippen LogP contribution in [0.25, 0.3) is 11.0 Å². The SMILES string of the molecule is Cc1nccc2oc([C@@H]3NC(=O)N(COC(=O)C(C)(C)C)C3=O)cc12. The second-order valence-electron chi connectivity index (χ2n) is 6.92. The molecule has 1 N–H and O–H groups in total. The summed E-state index contributed by atoms with van der Waals surface area (Å²) in [5.41, 5.74) is 0.629. The maximum Gasteiger partial charge on any atom is 0.327 e. The molecule has 3 amide bonds. The van der Waals surface area contributed by atoms with Crippen molar-refractivity contribution >= 4 is 28.9 Å². The molecule has 0 radical (unpaired) electrons. The lowest BCUT2D eigenvalue weighted by molar-refractivity contribution is -0.158. The minimum Gasteiger partial charge on any atom is -0.458 e. The summed E-state index contributed by atoms with van der Waals surface area (Å²) >= 11 is 0. The minimum absolute atomic E-state index is 0.314. The van der Waals surface area contributed by atoms with Crippen LogP contribution in [-0.2, 0) is 14.3 Å². The third-order valence-electron chi connectivity index (χ3n) is 3.91. The third-order valence-corrected chi connectivity index (χ3v) is 3.91. The Bertz CT molecular complexity index is 865. The normalized spacial score (nSPS) is 17.9. The number of esters is 1. The number of imide groups is 1. The number of amides is 3. The first kappa shape index (κ1) is 16.9. The van der Waals surface area contributed by atoms with Gasteiger partial charge in [-0.2, -0.15) is 0 Å². The van der Waals surface area contributed by atoms with E-state index in [1.165, 1.54) is 0 Å². The average Bonchev–Trinajstić information content (AvgIpc) is 3.07. The number of furan rings is 1. The molecule has 1 saturated heterocycles. The number of rotatable bonds is 3. The molecular weight excluding hydrogens is 326 g/mol. The van der Waals surface area contributed by atoms with Gasteiger partial charge in [0.2, 0.25) is 0 Å². The van der Waals surface area contributed by atoms with E-state index < -0.39 is 36.1 Å². The number of hydrogen-bond acceptors (Lipinski definition) is 6. The first-order valence-corrected chi connectivity index (χ1v) is 7.82. The molecule has 0 saturated carbocycles. The van der Waals surface area contributed by atoms with Crippen molar-refractivity contribution in [3.63, 3.8) is 0 Å². The van der Waals surface area contributed by atoms with E-state index in [4.69, 9.17) is 9.15 Å². The Kier molecular flexibility index (Phi) is 3.98. The van der Waals surface area contributed by atoms with Crippen molar-refractivity contribution in [3.05, 3.63) is 29.8 Å². The summed E-state index contributed by atoms with van der Waals surface area (Å²) in [7, 11) is 0. The molecule has 1 aliphatic rings. The molecule has 0 spiro atoms. The fourth-order valence-corrected chi connectivity index (χ4v) is 2.43. The maximum atomic E-state index is 12.5. The number of aromatic nitrogens is 1. The van der Waals surface area contributed by atoms with Crippen molar-refractivity contribution in [2.45, 2.75) is 33.7 Å². The predicted molar refractivity (Wildman–Crippen MR) is 87.3 cm³/mol. The summed E-state index contributed by atoms with van der Waals surface area (Å²) in [5, 5.41) is 3.32. The third kappa shape index (κ3) is 3.07. The first-order valence-electron chi connectivity index (χ1n) is 7.82. The molecule has 0 aromatic carbocycles. The van der Waals surface area contributed by atoms with E-state index in [1.54, 1.807) is 39.1 Å². The van der Waals surface area contributed by atoms with Gasteiger partial charge in [-0.25, -0.2) is 9.69 Å². The van der Waals surface area contributed by atoms with Crippen molar-refractivity contribution in [3.8, 4) is 0 Å². The molecule has 25 heavy (non-hydrogen) atoms. The lowest BCUT2D eigenvalue weighted by Crippen LogP contribution is -2.36. The molecule has 1 aliphatic heterocycles. The number of nitrogens with one attached hydrogen (secondary N) is 1. The number of pyridine rings is 1. The monoisotopic (exact) mass is 345 g/mol. The van der Waals surface area contributed by atoms with Crippen molar-refractivity contribution in [2.75, 3.05) is 6.73 Å².